The lowest BCUT2D eigenvalue weighted by molar-refractivity contribution is -0.139. The number of nitrogens with one attached hydrogen (secondary N) is 1. The number of rotatable bonds is 8. The average Bonchev–Trinajstić information content (AvgIpc) is 3.24. The van der Waals surface area contributed by atoms with Crippen molar-refractivity contribution in [2.75, 3.05) is 13.1 Å². The van der Waals surface area contributed by atoms with E-state index < -0.39 is 5.97 Å². The van der Waals surface area contributed by atoms with Crippen molar-refractivity contribution in [2.45, 2.75) is 51.2 Å². The van der Waals surface area contributed by atoms with Crippen LogP contribution < -0.4 is 5.32 Å². The van der Waals surface area contributed by atoms with Gasteiger partial charge in [0, 0.05) is 25.2 Å². The zero-order valence-electron chi connectivity index (χ0n) is 13.6. The largest absolute Gasteiger partial charge is 0.480 e. The van der Waals surface area contributed by atoms with E-state index in [1.807, 2.05) is 12.1 Å². The summed E-state index contributed by atoms with van der Waals surface area (Å²) in [6.45, 7) is 3.60. The van der Waals surface area contributed by atoms with Gasteiger partial charge in [0.05, 0.1) is 6.54 Å². The highest BCUT2D eigenvalue weighted by atomic mass is 19.1. The van der Waals surface area contributed by atoms with Crippen molar-refractivity contribution >= 4 is 5.97 Å². The van der Waals surface area contributed by atoms with Gasteiger partial charge in [-0.3, -0.25) is 9.69 Å². The summed E-state index contributed by atoms with van der Waals surface area (Å²) < 4.78 is 13.3. The van der Waals surface area contributed by atoms with Gasteiger partial charge in [-0.15, -0.1) is 0 Å². The molecule has 2 saturated carbocycles. The van der Waals surface area contributed by atoms with Crippen LogP contribution in [0.25, 0.3) is 0 Å². The Morgan fingerprint density at radius 1 is 1.39 bits per heavy atom. The van der Waals surface area contributed by atoms with Gasteiger partial charge >= 0.3 is 5.97 Å². The summed E-state index contributed by atoms with van der Waals surface area (Å²) in [5, 5.41) is 12.6. The van der Waals surface area contributed by atoms with Crippen molar-refractivity contribution in [3.63, 3.8) is 0 Å². The summed E-state index contributed by atoms with van der Waals surface area (Å²) in [5.74, 6) is -0.186. The summed E-state index contributed by atoms with van der Waals surface area (Å²) >= 11 is 0. The predicted molar refractivity (Wildman–Crippen MR) is 86.7 cm³/mol. The SMILES string of the molecule is Cc1cc(CNC2CC(N(CC(=O)O)CC3CC3)C2)ccc1F. The van der Waals surface area contributed by atoms with Crippen LogP contribution in [0.15, 0.2) is 18.2 Å². The van der Waals surface area contributed by atoms with Crippen LogP contribution in [-0.4, -0.2) is 41.1 Å². The summed E-state index contributed by atoms with van der Waals surface area (Å²) in [7, 11) is 0. The smallest absolute Gasteiger partial charge is 0.317 e. The molecule has 2 fully saturated rings. The highest BCUT2D eigenvalue weighted by Crippen LogP contribution is 2.33. The molecule has 2 aliphatic carbocycles. The second-order valence-corrected chi connectivity index (χ2v) is 7.05. The predicted octanol–water partition coefficient (Wildman–Crippen LogP) is 2.55. The molecule has 5 heteroatoms. The van der Waals surface area contributed by atoms with Gasteiger partial charge in [0.1, 0.15) is 5.82 Å². The van der Waals surface area contributed by atoms with E-state index in [0.29, 0.717) is 23.6 Å². The third-order valence-corrected chi connectivity index (χ3v) is 4.97. The van der Waals surface area contributed by atoms with E-state index in [2.05, 4.69) is 10.2 Å². The first-order valence-corrected chi connectivity index (χ1v) is 8.45. The molecule has 0 atom stereocenters. The normalized spacial score (nSPS) is 23.8. The molecule has 126 valence electrons. The van der Waals surface area contributed by atoms with Crippen LogP contribution in [0.3, 0.4) is 0 Å². The van der Waals surface area contributed by atoms with Crippen molar-refractivity contribution < 1.29 is 14.3 Å². The quantitative estimate of drug-likeness (QED) is 0.773. The third-order valence-electron chi connectivity index (χ3n) is 4.97. The van der Waals surface area contributed by atoms with Gasteiger partial charge in [0.15, 0.2) is 0 Å². The molecular formula is C18H25FN2O2. The van der Waals surface area contributed by atoms with E-state index in [0.717, 1.165) is 31.5 Å². The van der Waals surface area contributed by atoms with Crippen molar-refractivity contribution in [1.29, 1.82) is 0 Å². The molecule has 1 aromatic rings. The summed E-state index contributed by atoms with van der Waals surface area (Å²) in [6, 6.07) is 6.03. The molecule has 1 aromatic carbocycles. The lowest BCUT2D eigenvalue weighted by Crippen LogP contribution is -2.54. The van der Waals surface area contributed by atoms with Gasteiger partial charge in [-0.2, -0.15) is 0 Å². The first kappa shape index (κ1) is 16.4. The van der Waals surface area contributed by atoms with Crippen LogP contribution in [0.4, 0.5) is 4.39 Å². The Bertz CT molecular complexity index is 568. The van der Waals surface area contributed by atoms with Gasteiger partial charge in [-0.05, 0) is 55.7 Å². The van der Waals surface area contributed by atoms with Crippen molar-refractivity contribution in [2.24, 2.45) is 5.92 Å². The lowest BCUT2D eigenvalue weighted by atomic mass is 9.85. The number of hydrogen-bond acceptors (Lipinski definition) is 3. The molecule has 0 saturated heterocycles. The highest BCUT2D eigenvalue weighted by Gasteiger charge is 2.36. The Kier molecular flexibility index (Phi) is 4.97. The number of hydrogen-bond donors (Lipinski definition) is 2. The van der Waals surface area contributed by atoms with E-state index in [1.54, 1.807) is 6.92 Å². The molecule has 3 rings (SSSR count). The van der Waals surface area contributed by atoms with Gasteiger partial charge in [-0.25, -0.2) is 4.39 Å². The Morgan fingerprint density at radius 2 is 2.13 bits per heavy atom. The fraction of sp³-hybridized carbons (Fsp3) is 0.611. The van der Waals surface area contributed by atoms with Crippen molar-refractivity contribution in [3.8, 4) is 0 Å². The molecule has 4 nitrogen and oxygen atoms in total. The second kappa shape index (κ2) is 6.97. The number of carboxylic acids is 1. The molecule has 0 amide bonds. The average molecular weight is 320 g/mol. The molecular weight excluding hydrogens is 295 g/mol. The first-order valence-electron chi connectivity index (χ1n) is 8.45. The Labute approximate surface area is 136 Å². The molecule has 0 spiro atoms. The fourth-order valence-corrected chi connectivity index (χ4v) is 3.28. The third kappa shape index (κ3) is 4.52. The standard InChI is InChI=1S/C18H25FN2O2/c1-12-6-14(4-5-17(12)19)9-20-15-7-16(8-15)21(11-18(22)23)10-13-2-3-13/h4-6,13,15-16,20H,2-3,7-11H2,1H3,(H,22,23). The molecule has 0 unspecified atom stereocenters. The maximum atomic E-state index is 13.3. The maximum absolute atomic E-state index is 13.3. The maximum Gasteiger partial charge on any atom is 0.317 e. The molecule has 0 aromatic heterocycles. The van der Waals surface area contributed by atoms with Crippen LogP contribution in [-0.2, 0) is 11.3 Å². The fourth-order valence-electron chi connectivity index (χ4n) is 3.28. The van der Waals surface area contributed by atoms with E-state index in [9.17, 15) is 9.18 Å². The number of aliphatic carboxylic acids is 1. The minimum atomic E-state index is -0.733. The number of benzene rings is 1. The zero-order chi connectivity index (χ0) is 16.4. The highest BCUT2D eigenvalue weighted by molar-refractivity contribution is 5.69. The summed E-state index contributed by atoms with van der Waals surface area (Å²) in [6.07, 6.45) is 4.49. The van der Waals surface area contributed by atoms with Gasteiger partial charge in [-0.1, -0.05) is 12.1 Å². The van der Waals surface area contributed by atoms with Crippen LogP contribution in [0, 0.1) is 18.7 Å². The zero-order valence-corrected chi connectivity index (χ0v) is 13.6. The number of aryl methyl sites for hydroxylation is 1. The summed E-state index contributed by atoms with van der Waals surface area (Å²) in [4.78, 5) is 13.2. The molecule has 0 heterocycles. The van der Waals surface area contributed by atoms with Crippen molar-refractivity contribution in [1.82, 2.24) is 10.2 Å². The topological polar surface area (TPSA) is 52.6 Å². The van der Waals surface area contributed by atoms with Gasteiger partial charge in [0.2, 0.25) is 0 Å². The van der Waals surface area contributed by atoms with E-state index in [-0.39, 0.29) is 12.4 Å². The van der Waals surface area contributed by atoms with E-state index in [1.165, 1.54) is 18.9 Å². The Hall–Kier alpha value is -1.46. The number of nitrogens with zero attached hydrogens (tertiary/aromatic N) is 1. The first-order chi connectivity index (χ1) is 11.0. The monoisotopic (exact) mass is 320 g/mol. The Morgan fingerprint density at radius 3 is 2.74 bits per heavy atom. The molecule has 2 N–H and O–H groups in total. The molecule has 0 radical (unpaired) electrons. The summed E-state index contributed by atoms with van der Waals surface area (Å²) in [5.41, 5.74) is 1.76. The molecule has 0 aliphatic heterocycles. The van der Waals surface area contributed by atoms with Crippen LogP contribution >= 0.6 is 0 Å². The minimum Gasteiger partial charge on any atom is -0.480 e. The number of carboxylic acid groups (broad SMARTS) is 1. The van der Waals surface area contributed by atoms with E-state index in [4.69, 9.17) is 5.11 Å². The lowest BCUT2D eigenvalue weighted by Gasteiger charge is -2.43. The number of carbonyl (C=O) groups is 1. The van der Waals surface area contributed by atoms with Crippen LogP contribution in [0.2, 0.25) is 0 Å². The molecule has 0 bridgehead atoms. The van der Waals surface area contributed by atoms with Crippen LogP contribution in [0.5, 0.6) is 0 Å². The van der Waals surface area contributed by atoms with Gasteiger partial charge in [0.25, 0.3) is 0 Å². The Balaban J connectivity index is 1.43. The van der Waals surface area contributed by atoms with Crippen LogP contribution in [0.1, 0.15) is 36.8 Å². The number of halogens is 1. The van der Waals surface area contributed by atoms with Crippen molar-refractivity contribution in [3.05, 3.63) is 35.1 Å². The minimum absolute atomic E-state index is 0.158. The van der Waals surface area contributed by atoms with Gasteiger partial charge < -0.3 is 10.4 Å². The van der Waals surface area contributed by atoms with E-state index >= 15 is 0 Å². The second-order valence-electron chi connectivity index (χ2n) is 7.05. The molecule has 23 heavy (non-hydrogen) atoms. The molecule has 2 aliphatic rings.